The van der Waals surface area contributed by atoms with Gasteiger partial charge in [-0.3, -0.25) is 9.59 Å². The van der Waals surface area contributed by atoms with E-state index in [0.717, 1.165) is 22.1 Å². The van der Waals surface area contributed by atoms with Crippen molar-refractivity contribution >= 4 is 39.5 Å². The second-order valence-corrected chi connectivity index (χ2v) is 10.4. The molecule has 4 rings (SSSR count). The first kappa shape index (κ1) is 27.8. The lowest BCUT2D eigenvalue weighted by molar-refractivity contribution is -0.188. The van der Waals surface area contributed by atoms with E-state index >= 15 is 0 Å². The minimum absolute atomic E-state index is 0.0561. The van der Waals surface area contributed by atoms with E-state index in [9.17, 15) is 18.8 Å². The molecule has 1 N–H and O–H groups in total. The summed E-state index contributed by atoms with van der Waals surface area (Å²) in [5.74, 6) is 2.19. The number of fused-ring (bicyclic) bond motifs is 1. The molecule has 0 spiro atoms. The zero-order chi connectivity index (χ0) is 27.1. The number of hydrogen-bond acceptors (Lipinski definition) is 5. The molecule has 0 unspecified atom stereocenters. The van der Waals surface area contributed by atoms with Gasteiger partial charge in [-0.1, -0.05) is 59.4 Å². The van der Waals surface area contributed by atoms with E-state index in [1.54, 1.807) is 22.0 Å². The van der Waals surface area contributed by atoms with Crippen LogP contribution in [0.3, 0.4) is 0 Å². The monoisotopic (exact) mass is 557 g/mol. The molecule has 2 aromatic carbocycles. The lowest BCUT2D eigenvalue weighted by Crippen LogP contribution is -2.76. The Bertz CT molecular complexity index is 1180. The Morgan fingerprint density at radius 3 is 2.55 bits per heavy atom. The molecule has 2 atom stereocenters. The van der Waals surface area contributed by atoms with Gasteiger partial charge in [-0.25, -0.2) is 14.2 Å². The average Bonchev–Trinajstić information content (AvgIpc) is 2.92. The maximum Gasteiger partial charge on any atom is 0.334 e. The van der Waals surface area contributed by atoms with Gasteiger partial charge in [-0.2, -0.15) is 5.01 Å². The normalized spacial score (nSPS) is 19.8. The summed E-state index contributed by atoms with van der Waals surface area (Å²) in [4.78, 5) is 43.6. The van der Waals surface area contributed by atoms with Gasteiger partial charge in [-0.15, -0.1) is 6.42 Å². The van der Waals surface area contributed by atoms with Crippen LogP contribution in [0.1, 0.15) is 17.5 Å². The Morgan fingerprint density at radius 1 is 1.13 bits per heavy atom. The third kappa shape index (κ3) is 6.41. The number of benzene rings is 2. The molecule has 0 bridgehead atoms. The summed E-state index contributed by atoms with van der Waals surface area (Å²) in [5, 5.41) is 5.95. The minimum Gasteiger partial charge on any atom is -0.337 e. The van der Waals surface area contributed by atoms with Gasteiger partial charge in [-0.05, 0) is 46.8 Å². The Labute approximate surface area is 230 Å². The summed E-state index contributed by atoms with van der Waals surface area (Å²) in [6.07, 6.45) is 5.68. The zero-order valence-electron chi connectivity index (χ0n) is 20.8. The van der Waals surface area contributed by atoms with Gasteiger partial charge in [0.2, 0.25) is 11.8 Å². The van der Waals surface area contributed by atoms with E-state index in [4.69, 9.17) is 17.1 Å². The summed E-state index contributed by atoms with van der Waals surface area (Å²) in [6.45, 7) is 0.700. The molecule has 2 fully saturated rings. The summed E-state index contributed by atoms with van der Waals surface area (Å²) in [5.41, 5.74) is 1.80. The number of rotatable bonds is 9. The Hall–Kier alpha value is -3.26. The second-order valence-electron chi connectivity index (χ2n) is 9.08. The smallest absolute Gasteiger partial charge is 0.334 e. The van der Waals surface area contributed by atoms with Crippen LogP contribution in [0.2, 0.25) is 0 Å². The highest BCUT2D eigenvalue weighted by Gasteiger charge is 2.51. The Morgan fingerprint density at radius 2 is 1.87 bits per heavy atom. The number of piperazine rings is 1. The zero-order valence-corrected chi connectivity index (χ0v) is 22.3. The van der Waals surface area contributed by atoms with Crippen molar-refractivity contribution in [1.29, 1.82) is 0 Å². The van der Waals surface area contributed by atoms with Crippen molar-refractivity contribution < 1.29 is 18.8 Å². The molecule has 8 nitrogen and oxygen atoms in total. The van der Waals surface area contributed by atoms with Crippen LogP contribution in [0, 0.1) is 18.2 Å². The van der Waals surface area contributed by atoms with Gasteiger partial charge in [0.25, 0.3) is 0 Å². The van der Waals surface area contributed by atoms with E-state index in [0.29, 0.717) is 31.7 Å². The van der Waals surface area contributed by atoms with E-state index in [2.05, 4.69) is 11.2 Å². The molecule has 2 aromatic rings. The number of nitrogens with zero attached hydrogens (tertiary/aromatic N) is 4. The van der Waals surface area contributed by atoms with Gasteiger partial charge in [0.1, 0.15) is 18.0 Å². The quantitative estimate of drug-likeness (QED) is 0.480. The number of amides is 4. The molecule has 2 aliphatic rings. The Balaban J connectivity index is 1.60. The number of carbonyl (C=O) groups is 3. The largest absolute Gasteiger partial charge is 0.337 e. The van der Waals surface area contributed by atoms with Gasteiger partial charge >= 0.3 is 6.03 Å². The van der Waals surface area contributed by atoms with Crippen molar-refractivity contribution in [3.05, 3.63) is 71.5 Å². The van der Waals surface area contributed by atoms with Gasteiger partial charge < -0.3 is 15.1 Å². The van der Waals surface area contributed by atoms with Gasteiger partial charge in [0.05, 0.1) is 19.6 Å². The summed E-state index contributed by atoms with van der Waals surface area (Å²) < 4.78 is 13.3. The number of carbonyl (C=O) groups excluding carboxylic acids is 3. The highest BCUT2D eigenvalue weighted by molar-refractivity contribution is 8.21. The molecule has 11 heteroatoms. The maximum absolute atomic E-state index is 13.6. The van der Waals surface area contributed by atoms with Crippen molar-refractivity contribution in [3.8, 4) is 12.3 Å². The van der Waals surface area contributed by atoms with Crippen molar-refractivity contribution in [3.63, 3.8) is 0 Å². The van der Waals surface area contributed by atoms with Gasteiger partial charge in [0.15, 0.2) is 0 Å². The lowest BCUT2D eigenvalue weighted by Gasteiger charge is -2.55. The molecule has 2 saturated heterocycles. The molecule has 0 radical (unpaired) electrons. The molecule has 2 aliphatic heterocycles. The SMILES string of the molecule is C#CCN1CC(=O)N2[C@@H](CCSCl)C(=O)N(CCc3ccc(F)cc3)C[C@@H]2N1C(=O)NCc1ccccc1. The number of urea groups is 1. The molecular formula is C27H29ClFN5O3S. The topological polar surface area (TPSA) is 76.2 Å². The first-order chi connectivity index (χ1) is 18.4. The molecule has 4 amide bonds. The van der Waals surface area contributed by atoms with E-state index < -0.39 is 18.2 Å². The first-order valence-corrected chi connectivity index (χ1v) is 14.1. The number of hydrogen-bond donors (Lipinski definition) is 1. The van der Waals surface area contributed by atoms with E-state index in [-0.39, 0.29) is 37.3 Å². The minimum atomic E-state index is -0.766. The van der Waals surface area contributed by atoms with Crippen molar-refractivity contribution in [2.24, 2.45) is 0 Å². The van der Waals surface area contributed by atoms with E-state index in [1.807, 2.05) is 30.3 Å². The Kier molecular flexibility index (Phi) is 9.50. The van der Waals surface area contributed by atoms with Crippen LogP contribution in [-0.2, 0) is 22.6 Å². The van der Waals surface area contributed by atoms with Crippen LogP contribution in [-0.4, -0.2) is 81.8 Å². The van der Waals surface area contributed by atoms with Crippen molar-refractivity contribution in [2.45, 2.75) is 31.6 Å². The van der Waals surface area contributed by atoms with Crippen LogP contribution in [0.4, 0.5) is 9.18 Å². The van der Waals surface area contributed by atoms with Crippen LogP contribution >= 0.6 is 21.7 Å². The van der Waals surface area contributed by atoms with Crippen LogP contribution in [0.15, 0.2) is 54.6 Å². The third-order valence-electron chi connectivity index (χ3n) is 6.65. The van der Waals surface area contributed by atoms with Crippen molar-refractivity contribution in [2.75, 3.05) is 31.9 Å². The fourth-order valence-corrected chi connectivity index (χ4v) is 5.42. The standard InChI is InChI=1S/C27H29ClFN5O3S/c1-2-14-32-19-25(35)33-23(13-16-38-28)26(36)31(15-12-20-8-10-22(29)11-9-20)18-24(33)34(32)27(37)30-17-21-6-4-3-5-7-21/h1,3-11,23-24H,12-19H2,(H,30,37)/t23-,24-/m0/s1. The number of halogens is 2. The molecule has 200 valence electrons. The number of hydrazine groups is 1. The average molecular weight is 558 g/mol. The molecule has 2 heterocycles. The first-order valence-electron chi connectivity index (χ1n) is 12.3. The molecule has 38 heavy (non-hydrogen) atoms. The molecular weight excluding hydrogens is 529 g/mol. The van der Waals surface area contributed by atoms with Crippen LogP contribution in [0.5, 0.6) is 0 Å². The highest BCUT2D eigenvalue weighted by atomic mass is 35.7. The van der Waals surface area contributed by atoms with E-state index in [1.165, 1.54) is 22.0 Å². The summed E-state index contributed by atoms with van der Waals surface area (Å²) in [7, 11) is 6.94. The molecule has 0 saturated carbocycles. The fourth-order valence-electron chi connectivity index (χ4n) is 4.84. The predicted octanol–water partition coefficient (Wildman–Crippen LogP) is 3.09. The fraction of sp³-hybridized carbons (Fsp3) is 0.370. The van der Waals surface area contributed by atoms with Gasteiger partial charge in [0, 0.05) is 18.8 Å². The maximum atomic E-state index is 13.6. The predicted molar refractivity (Wildman–Crippen MR) is 145 cm³/mol. The van der Waals surface area contributed by atoms with Crippen LogP contribution in [0.25, 0.3) is 0 Å². The lowest BCUT2D eigenvalue weighted by atomic mass is 10.0. The highest BCUT2D eigenvalue weighted by Crippen LogP contribution is 2.29. The van der Waals surface area contributed by atoms with Crippen molar-refractivity contribution in [1.82, 2.24) is 25.1 Å². The number of nitrogens with one attached hydrogen (secondary N) is 1. The second kappa shape index (κ2) is 13.0. The summed E-state index contributed by atoms with van der Waals surface area (Å²) in [6, 6.07) is 14.4. The number of terminal acetylenes is 1. The van der Waals surface area contributed by atoms with Crippen LogP contribution < -0.4 is 5.32 Å². The third-order valence-corrected chi connectivity index (χ3v) is 7.50. The molecule has 0 aliphatic carbocycles. The molecule has 0 aromatic heterocycles. The summed E-state index contributed by atoms with van der Waals surface area (Å²) >= 11 is 0.